The normalized spacial score (nSPS) is 25.3. The highest BCUT2D eigenvalue weighted by Crippen LogP contribution is 2.45. The molecule has 0 fully saturated rings. The van der Waals surface area contributed by atoms with Gasteiger partial charge in [-0.15, -0.1) is 0 Å². The maximum atomic E-state index is 10.8. The summed E-state index contributed by atoms with van der Waals surface area (Å²) >= 11 is 0. The first-order valence-corrected chi connectivity index (χ1v) is 6.02. The Labute approximate surface area is 111 Å². The Balaban J connectivity index is 2.46. The van der Waals surface area contributed by atoms with Gasteiger partial charge < -0.3 is 14.2 Å². The third kappa shape index (κ3) is 2.63. The lowest BCUT2D eigenvalue weighted by molar-refractivity contribution is -0.485. The van der Waals surface area contributed by atoms with Crippen molar-refractivity contribution in [1.29, 1.82) is 0 Å². The first-order valence-electron chi connectivity index (χ1n) is 6.02. The number of benzene rings is 1. The van der Waals surface area contributed by atoms with Crippen molar-refractivity contribution in [3.63, 3.8) is 0 Å². The van der Waals surface area contributed by atoms with Crippen molar-refractivity contribution in [3.05, 3.63) is 33.9 Å². The van der Waals surface area contributed by atoms with Gasteiger partial charge in [-0.05, 0) is 6.07 Å². The van der Waals surface area contributed by atoms with Crippen LogP contribution in [0.15, 0.2) is 18.2 Å². The number of fused-ring (bicyclic) bond motifs is 1. The summed E-state index contributed by atoms with van der Waals surface area (Å²) in [6.07, 6.45) is 0.435. The topological polar surface area (TPSA) is 70.8 Å². The molecule has 0 saturated heterocycles. The first-order chi connectivity index (χ1) is 8.99. The van der Waals surface area contributed by atoms with E-state index in [9.17, 15) is 10.1 Å². The molecule has 0 N–H and O–H groups in total. The summed E-state index contributed by atoms with van der Waals surface area (Å²) in [5, 5.41) is 10.8. The van der Waals surface area contributed by atoms with Gasteiger partial charge in [0.25, 0.3) is 0 Å². The molecule has 1 aliphatic rings. The van der Waals surface area contributed by atoms with E-state index in [2.05, 4.69) is 0 Å². The molecular formula is C13H17NO5. The van der Waals surface area contributed by atoms with Gasteiger partial charge in [-0.1, -0.05) is 12.1 Å². The number of nitro groups is 1. The van der Waals surface area contributed by atoms with Crippen LogP contribution >= 0.6 is 0 Å². The summed E-state index contributed by atoms with van der Waals surface area (Å²) in [5.74, 6) is -0.0254. The number of para-hydroxylation sites is 1. The van der Waals surface area contributed by atoms with Gasteiger partial charge in [-0.3, -0.25) is 10.1 Å². The zero-order chi connectivity index (χ0) is 14.0. The van der Waals surface area contributed by atoms with Crippen LogP contribution in [0.3, 0.4) is 0 Å². The molecule has 6 heteroatoms. The monoisotopic (exact) mass is 267 g/mol. The first kappa shape index (κ1) is 13.6. The molecule has 0 radical (unpaired) electrons. The molecule has 2 atom stereocenters. The Morgan fingerprint density at radius 3 is 2.84 bits per heavy atom. The van der Waals surface area contributed by atoms with E-state index in [0.29, 0.717) is 17.9 Å². The average Bonchev–Trinajstić information content (AvgIpc) is 2.37. The number of hydrogen-bond acceptors (Lipinski definition) is 5. The molecule has 1 aliphatic heterocycles. The number of nitrogens with zero attached hydrogens (tertiary/aromatic N) is 1. The second-order valence-electron chi connectivity index (χ2n) is 4.73. The molecule has 0 saturated carbocycles. The lowest BCUT2D eigenvalue weighted by Gasteiger charge is -2.37. The fourth-order valence-corrected chi connectivity index (χ4v) is 2.41. The predicted octanol–water partition coefficient (Wildman–Crippen LogP) is 2.20. The smallest absolute Gasteiger partial charge is 0.211 e. The summed E-state index contributed by atoms with van der Waals surface area (Å²) in [6.45, 7) is 1.62. The summed E-state index contributed by atoms with van der Waals surface area (Å²) in [4.78, 5) is 10.5. The maximum Gasteiger partial charge on any atom is 0.211 e. The minimum Gasteiger partial charge on any atom is -0.493 e. The van der Waals surface area contributed by atoms with E-state index in [1.807, 2.05) is 12.1 Å². The average molecular weight is 267 g/mol. The van der Waals surface area contributed by atoms with E-state index in [-0.39, 0.29) is 17.4 Å². The van der Waals surface area contributed by atoms with Gasteiger partial charge in [0.15, 0.2) is 11.5 Å². The third-order valence-corrected chi connectivity index (χ3v) is 3.41. The van der Waals surface area contributed by atoms with E-state index in [1.54, 1.807) is 20.1 Å². The minimum absolute atomic E-state index is 0.150. The van der Waals surface area contributed by atoms with Crippen molar-refractivity contribution in [2.45, 2.75) is 25.0 Å². The van der Waals surface area contributed by atoms with Gasteiger partial charge in [-0.2, -0.15) is 0 Å². The van der Waals surface area contributed by atoms with Crippen LogP contribution in [0.4, 0.5) is 0 Å². The van der Waals surface area contributed by atoms with Crippen LogP contribution in [0, 0.1) is 10.1 Å². The number of ether oxygens (including phenoxy) is 3. The largest absolute Gasteiger partial charge is 0.493 e. The van der Waals surface area contributed by atoms with E-state index in [1.165, 1.54) is 7.11 Å². The maximum absolute atomic E-state index is 10.8. The standard InChI is InChI=1S/C13H17NO5/c1-13(18-3)7-9(8-14(15)16)10-5-4-6-11(17-2)12(10)19-13/h4-6,9H,7-8H2,1-3H3/t9-,13-/m1/s1. The second kappa shape index (κ2) is 5.05. The molecule has 19 heavy (non-hydrogen) atoms. The second-order valence-corrected chi connectivity index (χ2v) is 4.73. The van der Waals surface area contributed by atoms with Crippen LogP contribution in [-0.4, -0.2) is 31.5 Å². The van der Waals surface area contributed by atoms with Crippen LogP contribution in [0.1, 0.15) is 24.8 Å². The van der Waals surface area contributed by atoms with Crippen molar-refractivity contribution in [3.8, 4) is 11.5 Å². The van der Waals surface area contributed by atoms with E-state index in [4.69, 9.17) is 14.2 Å². The number of methoxy groups -OCH3 is 2. The molecular weight excluding hydrogens is 250 g/mol. The van der Waals surface area contributed by atoms with Gasteiger partial charge in [0.05, 0.1) is 13.0 Å². The van der Waals surface area contributed by atoms with Crippen LogP contribution < -0.4 is 9.47 Å². The van der Waals surface area contributed by atoms with Gasteiger partial charge in [0, 0.05) is 30.9 Å². The van der Waals surface area contributed by atoms with Gasteiger partial charge in [0.1, 0.15) is 0 Å². The molecule has 1 aromatic rings. The van der Waals surface area contributed by atoms with Crippen molar-refractivity contribution < 1.29 is 19.1 Å². The Kier molecular flexibility index (Phi) is 3.61. The number of rotatable bonds is 4. The summed E-state index contributed by atoms with van der Waals surface area (Å²) in [6, 6.07) is 5.41. The Morgan fingerprint density at radius 1 is 1.53 bits per heavy atom. The summed E-state index contributed by atoms with van der Waals surface area (Å²) < 4.78 is 16.4. The molecule has 1 aromatic carbocycles. The van der Waals surface area contributed by atoms with Crippen molar-refractivity contribution in [1.82, 2.24) is 0 Å². The van der Waals surface area contributed by atoms with Crippen LogP contribution in [0.2, 0.25) is 0 Å². The predicted molar refractivity (Wildman–Crippen MR) is 68.3 cm³/mol. The van der Waals surface area contributed by atoms with Crippen LogP contribution in [0.25, 0.3) is 0 Å². The van der Waals surface area contributed by atoms with Gasteiger partial charge in [0.2, 0.25) is 12.3 Å². The molecule has 0 spiro atoms. The Hall–Kier alpha value is -1.82. The van der Waals surface area contributed by atoms with E-state index in [0.717, 1.165) is 5.56 Å². The van der Waals surface area contributed by atoms with Crippen molar-refractivity contribution in [2.75, 3.05) is 20.8 Å². The van der Waals surface area contributed by atoms with E-state index < -0.39 is 5.79 Å². The Morgan fingerprint density at radius 2 is 2.26 bits per heavy atom. The summed E-state index contributed by atoms with van der Waals surface area (Å²) in [5.41, 5.74) is 0.797. The van der Waals surface area contributed by atoms with Gasteiger partial charge in [-0.25, -0.2) is 0 Å². The fraction of sp³-hybridized carbons (Fsp3) is 0.538. The van der Waals surface area contributed by atoms with Crippen molar-refractivity contribution >= 4 is 0 Å². The van der Waals surface area contributed by atoms with E-state index >= 15 is 0 Å². The van der Waals surface area contributed by atoms with Crippen LogP contribution in [-0.2, 0) is 4.74 Å². The zero-order valence-electron chi connectivity index (χ0n) is 11.2. The lowest BCUT2D eigenvalue weighted by atomic mass is 9.88. The molecule has 0 amide bonds. The molecule has 0 aliphatic carbocycles. The molecule has 2 rings (SSSR count). The molecule has 0 bridgehead atoms. The Bertz CT molecular complexity index is 490. The van der Waals surface area contributed by atoms with Crippen molar-refractivity contribution in [2.24, 2.45) is 0 Å². The van der Waals surface area contributed by atoms with Crippen LogP contribution in [0.5, 0.6) is 11.5 Å². The number of hydrogen-bond donors (Lipinski definition) is 0. The molecule has 1 heterocycles. The molecule has 0 unspecified atom stereocenters. The van der Waals surface area contributed by atoms with Gasteiger partial charge >= 0.3 is 0 Å². The summed E-state index contributed by atoms with van der Waals surface area (Å²) in [7, 11) is 3.07. The third-order valence-electron chi connectivity index (χ3n) is 3.41. The lowest BCUT2D eigenvalue weighted by Crippen LogP contribution is -2.41. The minimum atomic E-state index is -0.873. The highest BCUT2D eigenvalue weighted by atomic mass is 16.7. The highest BCUT2D eigenvalue weighted by Gasteiger charge is 2.40. The highest BCUT2D eigenvalue weighted by molar-refractivity contribution is 5.50. The molecule has 0 aromatic heterocycles. The SMILES string of the molecule is COc1cccc2c1O[C@@](C)(OC)C[C@@H]2C[N+](=O)[O-]. The zero-order valence-corrected chi connectivity index (χ0v) is 11.2. The fourth-order valence-electron chi connectivity index (χ4n) is 2.41. The molecule has 6 nitrogen and oxygen atoms in total. The molecule has 104 valence electrons. The quantitative estimate of drug-likeness (QED) is 0.617.